The molecule has 81 heavy (non-hydrogen) atoms. The summed E-state index contributed by atoms with van der Waals surface area (Å²) in [6.45, 7) is 0. The first kappa shape index (κ1) is 51.0. The van der Waals surface area contributed by atoms with Crippen LogP contribution in [0.15, 0.2) is 364 Å². The number of hydrogen-bond donors (Lipinski definition) is 0. The van der Waals surface area contributed by atoms with Crippen LogP contribution in [-0.4, -0.2) is 5.71 Å². The van der Waals surface area contributed by atoms with Crippen molar-refractivity contribution < 1.29 is 0 Å². The largest absolute Gasteiger partial charge is 0.311 e. The van der Waals surface area contributed by atoms with Crippen molar-refractivity contribution in [2.45, 2.75) is 0 Å². The maximum Gasteiger partial charge on any atom is 0.211 e. The minimum absolute atomic E-state index is 1.07. The maximum absolute atomic E-state index is 2.30. The summed E-state index contributed by atoms with van der Waals surface area (Å²) >= 11 is 0. The first-order chi connectivity index (χ1) is 40.2. The summed E-state index contributed by atoms with van der Waals surface area (Å²) in [5.74, 6) is 0. The molecule has 0 N–H and O–H groups in total. The molecular formula is C77H59N4+. The molecule has 0 atom stereocenters. The summed E-state index contributed by atoms with van der Waals surface area (Å²) in [5.41, 5.74) is 19.6. The van der Waals surface area contributed by atoms with Crippen molar-refractivity contribution in [1.82, 2.24) is 4.58 Å². The van der Waals surface area contributed by atoms with E-state index in [-0.39, 0.29) is 0 Å². The van der Waals surface area contributed by atoms with Gasteiger partial charge in [0.25, 0.3) is 0 Å². The Morgan fingerprint density at radius 2 is 0.519 bits per heavy atom. The molecule has 1 aliphatic rings. The summed E-state index contributed by atoms with van der Waals surface area (Å²) in [5, 5.41) is 0. The van der Waals surface area contributed by atoms with Gasteiger partial charge in [0.2, 0.25) is 17.1 Å². The van der Waals surface area contributed by atoms with Gasteiger partial charge < -0.3 is 14.7 Å². The molecule has 0 saturated carbocycles. The molecule has 0 amide bonds. The monoisotopic (exact) mass is 1040 g/mol. The van der Waals surface area contributed by atoms with Crippen LogP contribution in [0.4, 0.5) is 62.6 Å². The van der Waals surface area contributed by atoms with Crippen molar-refractivity contribution in [1.29, 1.82) is 0 Å². The van der Waals surface area contributed by atoms with Gasteiger partial charge in [-0.1, -0.05) is 200 Å². The van der Waals surface area contributed by atoms with E-state index in [1.807, 2.05) is 0 Å². The highest BCUT2D eigenvalue weighted by molar-refractivity contribution is 6.09. The van der Waals surface area contributed by atoms with E-state index in [1.165, 1.54) is 0 Å². The van der Waals surface area contributed by atoms with Gasteiger partial charge in [-0.25, -0.2) is 0 Å². The van der Waals surface area contributed by atoms with Gasteiger partial charge in [-0.3, -0.25) is 0 Å². The van der Waals surface area contributed by atoms with E-state index < -0.39 is 0 Å². The Kier molecular flexibility index (Phi) is 15.5. The minimum atomic E-state index is 1.07. The van der Waals surface area contributed by atoms with E-state index in [4.69, 9.17) is 0 Å². The van der Waals surface area contributed by atoms with Gasteiger partial charge in [-0.15, -0.1) is 0 Å². The molecule has 0 spiro atoms. The van der Waals surface area contributed by atoms with Gasteiger partial charge >= 0.3 is 0 Å². The summed E-state index contributed by atoms with van der Waals surface area (Å²) in [4.78, 5) is 6.91. The Hall–Kier alpha value is -10.8. The van der Waals surface area contributed by atoms with Crippen LogP contribution >= 0.6 is 0 Å². The molecule has 4 heteroatoms. The van der Waals surface area contributed by atoms with Crippen LogP contribution in [0.1, 0.15) is 16.7 Å². The number of anilines is 9. The molecule has 0 saturated heterocycles. The zero-order valence-electron chi connectivity index (χ0n) is 44.9. The Morgan fingerprint density at radius 1 is 0.259 bits per heavy atom. The van der Waals surface area contributed by atoms with Gasteiger partial charge in [0, 0.05) is 87.6 Å². The second-order valence-corrected chi connectivity index (χ2v) is 19.6. The van der Waals surface area contributed by atoms with Crippen molar-refractivity contribution in [3.63, 3.8) is 0 Å². The summed E-state index contributed by atoms with van der Waals surface area (Å²) < 4.78 is 2.30. The number of hydrogen-bond acceptors (Lipinski definition) is 3. The molecule has 0 fully saturated rings. The maximum atomic E-state index is 2.30. The van der Waals surface area contributed by atoms with Crippen LogP contribution in [0.5, 0.6) is 0 Å². The zero-order valence-corrected chi connectivity index (χ0v) is 44.9. The fourth-order valence-corrected chi connectivity index (χ4v) is 10.5. The molecule has 0 aromatic heterocycles. The average Bonchev–Trinajstić information content (AvgIpc) is 3.59. The first-order valence-electron chi connectivity index (χ1n) is 27.5. The fraction of sp³-hybridized carbons (Fsp3) is 0. The Morgan fingerprint density at radius 3 is 0.815 bits per heavy atom. The Bertz CT molecular complexity index is 3700. The van der Waals surface area contributed by atoms with Crippen molar-refractivity contribution in [3.8, 4) is 0 Å². The summed E-state index contributed by atoms with van der Waals surface area (Å²) in [6.07, 6.45) is 15.7. The predicted molar refractivity (Wildman–Crippen MR) is 344 cm³/mol. The molecule has 0 heterocycles. The third-order valence-corrected chi connectivity index (χ3v) is 14.4. The molecular weight excluding hydrogens is 981 g/mol. The van der Waals surface area contributed by atoms with E-state index in [1.54, 1.807) is 0 Å². The first-order valence-corrected chi connectivity index (χ1v) is 27.5. The van der Waals surface area contributed by atoms with Gasteiger partial charge in [0.15, 0.2) is 0 Å². The third-order valence-electron chi connectivity index (χ3n) is 14.4. The Balaban J connectivity index is 0.980. The topological polar surface area (TPSA) is 12.7 Å². The lowest BCUT2D eigenvalue weighted by molar-refractivity contribution is 1.09. The normalized spacial score (nSPS) is 11.8. The van der Waals surface area contributed by atoms with Crippen LogP contribution in [0.3, 0.4) is 0 Å². The van der Waals surface area contributed by atoms with Crippen LogP contribution in [0.2, 0.25) is 0 Å². The minimum Gasteiger partial charge on any atom is -0.311 e. The molecule has 11 aromatic rings. The lowest BCUT2D eigenvalue weighted by Crippen LogP contribution is -2.14. The zero-order chi connectivity index (χ0) is 54.4. The smallest absolute Gasteiger partial charge is 0.211 e. The van der Waals surface area contributed by atoms with Gasteiger partial charge in [0.05, 0.1) is 0 Å². The lowest BCUT2D eigenvalue weighted by atomic mass is 9.94. The van der Waals surface area contributed by atoms with E-state index in [9.17, 15) is 0 Å². The number of benzene rings is 11. The summed E-state index contributed by atoms with van der Waals surface area (Å²) in [6, 6.07) is 111. The van der Waals surface area contributed by atoms with E-state index in [0.29, 0.717) is 0 Å². The molecule has 0 aliphatic heterocycles. The number of para-hydroxylation sites is 8. The molecule has 4 nitrogen and oxygen atoms in total. The SMILES string of the molecule is C1=CC(=[N+](c2ccccc2)c2ccccc2)C=CC1=C(/C=C/C=C(c1ccc(N(c2ccccc2)c2ccccc2)cc1)c1ccc(N(c2ccccc2)c2ccccc2)cc1)c1ccc(N(c2ccccc2)c2ccccc2)cc1. The molecule has 12 rings (SSSR count). The highest BCUT2D eigenvalue weighted by atomic mass is 15.2. The Labute approximate surface area is 476 Å². The van der Waals surface area contributed by atoms with Gasteiger partial charge in [-0.2, -0.15) is 4.58 Å². The second-order valence-electron chi connectivity index (χ2n) is 19.6. The number of nitrogens with zero attached hydrogens (tertiary/aromatic N) is 4. The van der Waals surface area contributed by atoms with Crippen molar-refractivity contribution in [3.05, 3.63) is 380 Å². The molecule has 1 aliphatic carbocycles. The van der Waals surface area contributed by atoms with Crippen molar-refractivity contribution in [2.24, 2.45) is 0 Å². The van der Waals surface area contributed by atoms with Gasteiger partial charge in [0.1, 0.15) is 0 Å². The quantitative estimate of drug-likeness (QED) is 0.0707. The predicted octanol–water partition coefficient (Wildman–Crippen LogP) is 20.6. The molecule has 386 valence electrons. The third kappa shape index (κ3) is 11.7. The molecule has 0 radical (unpaired) electrons. The van der Waals surface area contributed by atoms with E-state index in [2.05, 4.69) is 377 Å². The van der Waals surface area contributed by atoms with Crippen LogP contribution in [0.25, 0.3) is 11.1 Å². The van der Waals surface area contributed by atoms with Crippen molar-refractivity contribution in [2.75, 3.05) is 14.7 Å². The standard InChI is InChI=1S/C77H59N4/c1-9-26-64(27-10-1)78(65-28-11-2-12-29-65)72-52-44-60(45-53-72)76(61-46-54-73(55-47-61)79(66-30-13-3-14-31-66)67-32-15-4-16-33-67)42-25-43-77(62-48-56-74(57-49-62)80(68-34-17-5-18-35-68)69-36-19-6-20-37-69)63-50-58-75(59-51-63)81(70-38-21-7-22-39-70)71-40-23-8-24-41-71/h1-59H/q+1. The van der Waals surface area contributed by atoms with Crippen LogP contribution < -0.4 is 19.3 Å². The second kappa shape index (κ2) is 24.7. The van der Waals surface area contributed by atoms with Crippen LogP contribution in [-0.2, 0) is 0 Å². The molecule has 11 aromatic carbocycles. The average molecular weight is 1040 g/mol. The highest BCUT2D eigenvalue weighted by Gasteiger charge is 2.21. The summed E-state index contributed by atoms with van der Waals surface area (Å²) in [7, 11) is 0. The lowest BCUT2D eigenvalue weighted by Gasteiger charge is -2.26. The number of rotatable bonds is 16. The van der Waals surface area contributed by atoms with Crippen LogP contribution in [0, 0.1) is 0 Å². The van der Waals surface area contributed by atoms with Gasteiger partial charge in [-0.05, 0) is 155 Å². The molecule has 0 bridgehead atoms. The molecule has 0 unspecified atom stereocenters. The van der Waals surface area contributed by atoms with Crippen molar-refractivity contribution >= 4 is 79.4 Å². The highest BCUT2D eigenvalue weighted by Crippen LogP contribution is 2.40. The van der Waals surface area contributed by atoms with E-state index >= 15 is 0 Å². The number of allylic oxidation sites excluding steroid dienone is 9. The van der Waals surface area contributed by atoms with E-state index in [0.717, 1.165) is 102 Å². The fourth-order valence-electron chi connectivity index (χ4n) is 10.5.